The molecule has 0 fully saturated rings. The van der Waals surface area contributed by atoms with Crippen molar-refractivity contribution in [2.24, 2.45) is 0 Å². The number of rotatable bonds is 2. The minimum Gasteiger partial charge on any atom is -0.343 e. The van der Waals surface area contributed by atoms with Gasteiger partial charge in [-0.1, -0.05) is 18.2 Å². The zero-order valence-electron chi connectivity index (χ0n) is 13.3. The van der Waals surface area contributed by atoms with Crippen LogP contribution in [-0.4, -0.2) is 10.5 Å². The summed E-state index contributed by atoms with van der Waals surface area (Å²) in [7, 11) is 0. The molecule has 6 heteroatoms. The van der Waals surface area contributed by atoms with Crippen molar-refractivity contribution in [2.45, 2.75) is 19.4 Å². The van der Waals surface area contributed by atoms with Gasteiger partial charge in [-0.3, -0.25) is 9.59 Å². The van der Waals surface area contributed by atoms with Gasteiger partial charge in [0, 0.05) is 17.6 Å². The Labute approximate surface area is 141 Å². The zero-order chi connectivity index (χ0) is 17.7. The molecule has 4 rings (SSSR count). The Morgan fingerprint density at radius 3 is 2.56 bits per heavy atom. The molecule has 0 radical (unpaired) electrons. The van der Waals surface area contributed by atoms with Gasteiger partial charge in [0.05, 0.1) is 5.52 Å². The van der Waals surface area contributed by atoms with Gasteiger partial charge in [0.2, 0.25) is 5.43 Å². The van der Waals surface area contributed by atoms with Crippen LogP contribution in [-0.2, 0) is 6.42 Å². The molecule has 0 aliphatic carbocycles. The predicted molar refractivity (Wildman–Crippen MR) is 90.9 cm³/mol. The van der Waals surface area contributed by atoms with E-state index in [1.807, 2.05) is 17.6 Å². The van der Waals surface area contributed by atoms with E-state index in [-0.39, 0.29) is 11.6 Å². The van der Waals surface area contributed by atoms with Crippen LogP contribution in [0, 0.1) is 11.6 Å². The summed E-state index contributed by atoms with van der Waals surface area (Å²) in [5.41, 5.74) is 0.718. The third kappa shape index (κ3) is 2.33. The van der Waals surface area contributed by atoms with Crippen molar-refractivity contribution in [3.8, 4) is 0 Å². The fourth-order valence-corrected chi connectivity index (χ4v) is 3.38. The Morgan fingerprint density at radius 1 is 1.16 bits per heavy atom. The zero-order valence-corrected chi connectivity index (χ0v) is 13.3. The summed E-state index contributed by atoms with van der Waals surface area (Å²) in [4.78, 5) is 25.2. The number of hydrogen-bond acceptors (Lipinski definition) is 2. The summed E-state index contributed by atoms with van der Waals surface area (Å²) in [6.45, 7) is 1.99. The van der Waals surface area contributed by atoms with Gasteiger partial charge in [-0.2, -0.15) is 0 Å². The van der Waals surface area contributed by atoms with Crippen molar-refractivity contribution in [1.29, 1.82) is 0 Å². The van der Waals surface area contributed by atoms with Gasteiger partial charge in [0.1, 0.15) is 22.9 Å². The molecule has 126 valence electrons. The topological polar surface area (TPSA) is 51.1 Å². The molecule has 0 bridgehead atoms. The molecule has 0 spiro atoms. The molecule has 1 N–H and O–H groups in total. The number of amides is 1. The number of nitrogens with one attached hydrogen (secondary N) is 1. The first-order chi connectivity index (χ1) is 12.0. The molecule has 1 unspecified atom stereocenters. The summed E-state index contributed by atoms with van der Waals surface area (Å²) in [5.74, 6) is -2.62. The van der Waals surface area contributed by atoms with Gasteiger partial charge >= 0.3 is 0 Å². The van der Waals surface area contributed by atoms with E-state index < -0.39 is 28.7 Å². The Morgan fingerprint density at radius 2 is 1.84 bits per heavy atom. The van der Waals surface area contributed by atoms with Gasteiger partial charge in [0.25, 0.3) is 5.91 Å². The molecule has 1 atom stereocenters. The highest BCUT2D eigenvalue weighted by Crippen LogP contribution is 2.31. The monoisotopic (exact) mass is 340 g/mol. The van der Waals surface area contributed by atoms with Crippen LogP contribution in [0.3, 0.4) is 0 Å². The number of hydrogen-bond donors (Lipinski definition) is 1. The van der Waals surface area contributed by atoms with E-state index in [2.05, 4.69) is 5.32 Å². The van der Waals surface area contributed by atoms with Crippen molar-refractivity contribution < 1.29 is 13.6 Å². The Balaban J connectivity index is 1.85. The quantitative estimate of drug-likeness (QED) is 0.774. The molecule has 25 heavy (non-hydrogen) atoms. The average molecular weight is 340 g/mol. The lowest BCUT2D eigenvalue weighted by Crippen LogP contribution is -2.24. The lowest BCUT2D eigenvalue weighted by molar-refractivity contribution is 0.102. The van der Waals surface area contributed by atoms with Gasteiger partial charge in [-0.25, -0.2) is 8.78 Å². The van der Waals surface area contributed by atoms with Crippen LogP contribution in [0.15, 0.2) is 47.4 Å². The van der Waals surface area contributed by atoms with Crippen molar-refractivity contribution in [3.63, 3.8) is 0 Å². The van der Waals surface area contributed by atoms with Crippen LogP contribution in [0.25, 0.3) is 10.9 Å². The molecule has 1 aromatic heterocycles. The Bertz CT molecular complexity index is 1070. The van der Waals surface area contributed by atoms with Gasteiger partial charge < -0.3 is 9.88 Å². The molecule has 0 saturated carbocycles. The number of benzene rings is 2. The molecule has 1 amide bonds. The summed E-state index contributed by atoms with van der Waals surface area (Å²) < 4.78 is 29.4. The number of carbonyl (C=O) groups excluding carboxylic acids is 1. The average Bonchev–Trinajstić information content (AvgIpc) is 2.90. The third-order valence-electron chi connectivity index (χ3n) is 4.57. The lowest BCUT2D eigenvalue weighted by atomic mass is 10.1. The molecule has 4 nitrogen and oxygen atoms in total. The first-order valence-corrected chi connectivity index (χ1v) is 7.89. The van der Waals surface area contributed by atoms with E-state index in [9.17, 15) is 18.4 Å². The molecule has 1 aliphatic heterocycles. The maximum absolute atomic E-state index is 13.8. The smallest absolute Gasteiger partial charge is 0.261 e. The highest BCUT2D eigenvalue weighted by atomic mass is 19.1. The number of carbonyl (C=O) groups is 1. The molecular weight excluding hydrogens is 326 g/mol. The van der Waals surface area contributed by atoms with Gasteiger partial charge in [-0.05, 0) is 37.1 Å². The molecule has 2 aromatic carbocycles. The van der Waals surface area contributed by atoms with Crippen LogP contribution in [0.4, 0.5) is 14.5 Å². The molecular formula is C19H14F2N2O2. The number of nitrogens with zero attached hydrogens (tertiary/aromatic N) is 1. The molecule has 1 aliphatic rings. The molecule has 0 saturated heterocycles. The summed E-state index contributed by atoms with van der Waals surface area (Å²) in [6, 6.07) is 8.78. The number of halogens is 2. The van der Waals surface area contributed by atoms with E-state index in [0.29, 0.717) is 5.39 Å². The Hall–Kier alpha value is -3.02. The van der Waals surface area contributed by atoms with Crippen molar-refractivity contribution in [1.82, 2.24) is 4.57 Å². The second-order valence-electron chi connectivity index (χ2n) is 6.20. The number of aromatic nitrogens is 1. The predicted octanol–water partition coefficient (Wildman–Crippen LogP) is 3.65. The maximum atomic E-state index is 13.8. The van der Waals surface area contributed by atoms with Crippen LogP contribution in [0.5, 0.6) is 0 Å². The minimum absolute atomic E-state index is 0.0947. The number of para-hydroxylation sites is 2. The van der Waals surface area contributed by atoms with E-state index in [1.165, 1.54) is 12.3 Å². The largest absolute Gasteiger partial charge is 0.343 e. The van der Waals surface area contributed by atoms with Crippen LogP contribution < -0.4 is 10.7 Å². The summed E-state index contributed by atoms with van der Waals surface area (Å²) in [5, 5.41) is 2.61. The van der Waals surface area contributed by atoms with Crippen molar-refractivity contribution in [3.05, 3.63) is 75.6 Å². The number of pyridine rings is 1. The minimum atomic E-state index is -0.894. The Kier molecular flexibility index (Phi) is 3.42. The molecule has 3 aromatic rings. The van der Waals surface area contributed by atoms with Crippen LogP contribution in [0.2, 0.25) is 0 Å². The van der Waals surface area contributed by atoms with Gasteiger partial charge in [-0.15, -0.1) is 0 Å². The van der Waals surface area contributed by atoms with E-state index in [4.69, 9.17) is 0 Å². The van der Waals surface area contributed by atoms with E-state index in [1.54, 1.807) is 12.1 Å². The fourth-order valence-electron chi connectivity index (χ4n) is 3.38. The molecule has 2 heterocycles. The second kappa shape index (κ2) is 5.51. The van der Waals surface area contributed by atoms with Crippen LogP contribution >= 0.6 is 0 Å². The highest BCUT2D eigenvalue weighted by molar-refractivity contribution is 6.06. The SMILES string of the molecule is CC1Cc2cccc3c(=O)c(C(=O)Nc4c(F)cccc4F)cn1c23. The van der Waals surface area contributed by atoms with E-state index in [0.717, 1.165) is 29.6 Å². The maximum Gasteiger partial charge on any atom is 0.261 e. The number of anilines is 1. The second-order valence-corrected chi connectivity index (χ2v) is 6.20. The highest BCUT2D eigenvalue weighted by Gasteiger charge is 2.25. The summed E-state index contributed by atoms with van der Waals surface area (Å²) >= 11 is 0. The summed E-state index contributed by atoms with van der Waals surface area (Å²) in [6.07, 6.45) is 2.24. The van der Waals surface area contributed by atoms with Crippen molar-refractivity contribution in [2.75, 3.05) is 5.32 Å². The first-order valence-electron chi connectivity index (χ1n) is 7.89. The first kappa shape index (κ1) is 15.5. The van der Waals surface area contributed by atoms with Gasteiger partial charge in [0.15, 0.2) is 0 Å². The lowest BCUT2D eigenvalue weighted by Gasteiger charge is -2.13. The standard InChI is InChI=1S/C19H14F2N2O2/c1-10-8-11-4-2-5-12-17(11)23(10)9-13(18(12)24)19(25)22-16-14(20)6-3-7-15(16)21/h2-7,9-10H,8H2,1H3,(H,22,25). The normalized spacial score (nSPS) is 15.6. The van der Waals surface area contributed by atoms with E-state index >= 15 is 0 Å². The van der Waals surface area contributed by atoms with Crippen LogP contribution in [0.1, 0.15) is 28.9 Å². The fraction of sp³-hybridized carbons (Fsp3) is 0.158. The third-order valence-corrected chi connectivity index (χ3v) is 4.57. The van der Waals surface area contributed by atoms with Crippen molar-refractivity contribution >= 4 is 22.5 Å².